The van der Waals surface area contributed by atoms with Crippen LogP contribution in [0.1, 0.15) is 0 Å². The first-order chi connectivity index (χ1) is 24.2. The second kappa shape index (κ2) is 10.8. The van der Waals surface area contributed by atoms with E-state index in [1.54, 1.807) is 0 Å². The number of hydrogen-bond donors (Lipinski definition) is 0. The van der Waals surface area contributed by atoms with Crippen molar-refractivity contribution in [3.05, 3.63) is 186 Å². The highest BCUT2D eigenvalue weighted by molar-refractivity contribution is 6.22. The highest BCUT2D eigenvalue weighted by Crippen LogP contribution is 2.44. The minimum absolute atomic E-state index is 0.0168. The van der Waals surface area contributed by atoms with E-state index in [0.29, 0.717) is 5.39 Å². The number of rotatable bonds is 3. The zero-order valence-electron chi connectivity index (χ0n) is 26.6. The summed E-state index contributed by atoms with van der Waals surface area (Å²) in [6, 6.07) is 62.0. The molecule has 228 valence electrons. The zero-order chi connectivity index (χ0) is 32.5. The second-order valence-corrected chi connectivity index (χ2v) is 12.9. The minimum atomic E-state index is -0.0168. The lowest BCUT2D eigenvalue weighted by Crippen LogP contribution is -2.19. The van der Waals surface area contributed by atoms with Gasteiger partial charge < -0.3 is 0 Å². The van der Waals surface area contributed by atoms with Crippen molar-refractivity contribution in [2.24, 2.45) is 0 Å². The smallest absolute Gasteiger partial charge is 0.263 e. The SMILES string of the molecule is O=c1c2ccc(-c3c4ccccc4c(-c4ccc5ccccc5c4)c4ccccc34)cc2c2ccccc2n1-c1ccc2ccccc2c1. The van der Waals surface area contributed by atoms with Gasteiger partial charge in [-0.3, -0.25) is 9.36 Å². The van der Waals surface area contributed by atoms with Crippen molar-refractivity contribution in [2.45, 2.75) is 0 Å². The van der Waals surface area contributed by atoms with E-state index in [2.05, 4.69) is 146 Å². The summed E-state index contributed by atoms with van der Waals surface area (Å²) in [5.41, 5.74) is 6.47. The Morgan fingerprint density at radius 2 is 0.796 bits per heavy atom. The first-order valence-corrected chi connectivity index (χ1v) is 16.7. The third-order valence-corrected chi connectivity index (χ3v) is 10.1. The van der Waals surface area contributed by atoms with Crippen LogP contribution in [-0.2, 0) is 0 Å². The van der Waals surface area contributed by atoms with Gasteiger partial charge in [0, 0.05) is 16.5 Å². The standard InChI is InChI=1S/C47H29NO/c49-47-42-26-24-35(29-43(42)37-15-9-10-20-44(37)48(47)36-25-23-31-12-2-4-14-33(31)28-36)46-40-18-7-5-16-38(40)45(39-17-6-8-19-41(39)46)34-22-21-30-11-1-3-13-32(30)27-34/h1-29H. The van der Waals surface area contributed by atoms with E-state index >= 15 is 0 Å². The van der Waals surface area contributed by atoms with Crippen LogP contribution in [0.4, 0.5) is 0 Å². The van der Waals surface area contributed by atoms with Gasteiger partial charge in [-0.2, -0.15) is 0 Å². The molecule has 0 unspecified atom stereocenters. The molecule has 0 aliphatic carbocycles. The van der Waals surface area contributed by atoms with Crippen LogP contribution in [0.5, 0.6) is 0 Å². The molecule has 0 N–H and O–H groups in total. The van der Waals surface area contributed by atoms with Crippen LogP contribution >= 0.6 is 0 Å². The number of hydrogen-bond acceptors (Lipinski definition) is 1. The normalized spacial score (nSPS) is 11.8. The maximum atomic E-state index is 14.4. The number of benzene rings is 9. The van der Waals surface area contributed by atoms with E-state index in [-0.39, 0.29) is 5.56 Å². The molecule has 2 heteroatoms. The fourth-order valence-corrected chi connectivity index (χ4v) is 7.90. The Bertz CT molecular complexity index is 2970. The van der Waals surface area contributed by atoms with Gasteiger partial charge in [0.1, 0.15) is 0 Å². The molecule has 0 spiro atoms. The average molecular weight is 624 g/mol. The molecule has 49 heavy (non-hydrogen) atoms. The summed E-state index contributed by atoms with van der Waals surface area (Å²) in [5.74, 6) is 0. The van der Waals surface area contributed by atoms with Gasteiger partial charge in [-0.1, -0.05) is 140 Å². The summed E-state index contributed by atoms with van der Waals surface area (Å²) < 4.78 is 1.87. The first kappa shape index (κ1) is 27.6. The summed E-state index contributed by atoms with van der Waals surface area (Å²) in [7, 11) is 0. The molecule has 10 aromatic rings. The Balaban J connectivity index is 1.25. The number of aromatic nitrogens is 1. The van der Waals surface area contributed by atoms with Gasteiger partial charge in [-0.25, -0.2) is 0 Å². The van der Waals surface area contributed by atoms with Gasteiger partial charge in [0.2, 0.25) is 0 Å². The molecule has 0 aliphatic heterocycles. The van der Waals surface area contributed by atoms with E-state index in [1.165, 1.54) is 49.0 Å². The molecule has 0 aliphatic rings. The molecule has 0 saturated carbocycles. The van der Waals surface area contributed by atoms with Crippen molar-refractivity contribution in [1.29, 1.82) is 0 Å². The summed E-state index contributed by atoms with van der Waals surface area (Å²) in [5, 5.41) is 12.2. The Labute approximate surface area is 282 Å². The first-order valence-electron chi connectivity index (χ1n) is 16.7. The third-order valence-electron chi connectivity index (χ3n) is 10.1. The fraction of sp³-hybridized carbons (Fsp3) is 0. The Morgan fingerprint density at radius 3 is 1.43 bits per heavy atom. The number of nitrogens with zero attached hydrogens (tertiary/aromatic N) is 1. The molecular weight excluding hydrogens is 595 g/mol. The van der Waals surface area contributed by atoms with Gasteiger partial charge in [0.15, 0.2) is 0 Å². The zero-order valence-corrected chi connectivity index (χ0v) is 26.6. The summed E-state index contributed by atoms with van der Waals surface area (Å²) in [6.45, 7) is 0. The molecule has 1 heterocycles. The molecule has 1 aromatic heterocycles. The highest BCUT2D eigenvalue weighted by Gasteiger charge is 2.19. The summed E-state index contributed by atoms with van der Waals surface area (Å²) in [4.78, 5) is 14.4. The lowest BCUT2D eigenvalue weighted by atomic mass is 9.85. The summed E-state index contributed by atoms with van der Waals surface area (Å²) >= 11 is 0. The molecule has 0 radical (unpaired) electrons. The van der Waals surface area contributed by atoms with Gasteiger partial charge in [-0.15, -0.1) is 0 Å². The lowest BCUT2D eigenvalue weighted by Gasteiger charge is -2.19. The van der Waals surface area contributed by atoms with Crippen molar-refractivity contribution < 1.29 is 0 Å². The summed E-state index contributed by atoms with van der Waals surface area (Å²) in [6.07, 6.45) is 0. The van der Waals surface area contributed by atoms with Crippen molar-refractivity contribution in [3.8, 4) is 27.9 Å². The molecule has 0 amide bonds. The van der Waals surface area contributed by atoms with E-state index in [0.717, 1.165) is 38.3 Å². The molecule has 2 nitrogen and oxygen atoms in total. The largest absolute Gasteiger partial charge is 0.276 e. The van der Waals surface area contributed by atoms with E-state index in [1.807, 2.05) is 34.9 Å². The Kier molecular flexibility index (Phi) is 6.06. The number of para-hydroxylation sites is 1. The maximum absolute atomic E-state index is 14.4. The third kappa shape index (κ3) is 4.24. The van der Waals surface area contributed by atoms with Gasteiger partial charge in [0.25, 0.3) is 5.56 Å². The molecular formula is C47H29NO. The van der Waals surface area contributed by atoms with Crippen LogP contribution in [0.25, 0.3) is 92.7 Å². The van der Waals surface area contributed by atoms with Crippen molar-refractivity contribution in [1.82, 2.24) is 4.57 Å². The lowest BCUT2D eigenvalue weighted by molar-refractivity contribution is 1.06. The van der Waals surface area contributed by atoms with E-state index in [4.69, 9.17) is 0 Å². The monoisotopic (exact) mass is 623 g/mol. The predicted molar refractivity (Wildman–Crippen MR) is 208 cm³/mol. The highest BCUT2D eigenvalue weighted by atomic mass is 16.1. The number of fused-ring (bicyclic) bond motifs is 7. The molecule has 0 fully saturated rings. The van der Waals surface area contributed by atoms with Crippen LogP contribution in [0.3, 0.4) is 0 Å². The Hall–Kier alpha value is -6.51. The fourth-order valence-electron chi connectivity index (χ4n) is 7.90. The Morgan fingerprint density at radius 1 is 0.327 bits per heavy atom. The second-order valence-electron chi connectivity index (χ2n) is 12.9. The quantitative estimate of drug-likeness (QED) is 0.142. The van der Waals surface area contributed by atoms with Crippen LogP contribution in [-0.4, -0.2) is 4.57 Å². The minimum Gasteiger partial charge on any atom is -0.276 e. The van der Waals surface area contributed by atoms with Gasteiger partial charge in [-0.05, 0) is 107 Å². The van der Waals surface area contributed by atoms with Crippen molar-refractivity contribution in [2.75, 3.05) is 0 Å². The van der Waals surface area contributed by atoms with Crippen LogP contribution < -0.4 is 5.56 Å². The van der Waals surface area contributed by atoms with Gasteiger partial charge in [0.05, 0.1) is 5.52 Å². The topological polar surface area (TPSA) is 22.0 Å². The van der Waals surface area contributed by atoms with E-state index < -0.39 is 0 Å². The number of pyridine rings is 1. The van der Waals surface area contributed by atoms with Crippen LogP contribution in [0.15, 0.2) is 181 Å². The molecule has 9 aromatic carbocycles. The molecule has 0 saturated heterocycles. The molecule has 0 atom stereocenters. The maximum Gasteiger partial charge on any atom is 0.263 e. The predicted octanol–water partition coefficient (Wildman–Crippen LogP) is 12.1. The van der Waals surface area contributed by atoms with Gasteiger partial charge >= 0.3 is 0 Å². The van der Waals surface area contributed by atoms with Crippen LogP contribution in [0.2, 0.25) is 0 Å². The molecule has 0 bridgehead atoms. The molecule has 10 rings (SSSR count). The van der Waals surface area contributed by atoms with Crippen molar-refractivity contribution >= 4 is 64.8 Å². The van der Waals surface area contributed by atoms with E-state index in [9.17, 15) is 4.79 Å². The van der Waals surface area contributed by atoms with Crippen molar-refractivity contribution in [3.63, 3.8) is 0 Å². The van der Waals surface area contributed by atoms with Crippen LogP contribution in [0, 0.1) is 0 Å². The average Bonchev–Trinajstić information content (AvgIpc) is 3.16.